The highest BCUT2D eigenvalue weighted by atomic mass is 35.5. The number of methoxy groups -OCH3 is 1. The number of halogens is 1. The summed E-state index contributed by atoms with van der Waals surface area (Å²) in [7, 11) is 1.63. The molecule has 0 unspecified atom stereocenters. The van der Waals surface area contributed by atoms with Crippen LogP contribution in [0.2, 0.25) is 5.02 Å². The van der Waals surface area contributed by atoms with Gasteiger partial charge in [0.2, 0.25) is 0 Å². The second-order valence-corrected chi connectivity index (χ2v) is 10.1. The van der Waals surface area contributed by atoms with Crippen molar-refractivity contribution in [2.45, 2.75) is 38.2 Å². The molecule has 2 heterocycles. The van der Waals surface area contributed by atoms with E-state index in [1.165, 1.54) is 0 Å². The number of likely N-dealkylation sites (tertiary alicyclic amines) is 1. The summed E-state index contributed by atoms with van der Waals surface area (Å²) >= 11 is 6.05. The standard InChI is InChI=1S/C30H33ClN2O4/c1-37-25-9-10-28-27(19-25)26(13-15-32-28)29(34)11-7-22-14-17-33(20-23(22)8-12-30(35)36)16-3-5-21-4-2-6-24(31)18-21/h2,4,6,9-10,13,15,18-19,22-23,29,34H,7-8,11-12,14,16-17,20H2,1H3,(H,35,36)/t22-,23-,29-/m1/s1. The summed E-state index contributed by atoms with van der Waals surface area (Å²) in [5, 5.41) is 22.0. The van der Waals surface area contributed by atoms with E-state index in [4.69, 9.17) is 16.3 Å². The van der Waals surface area contributed by atoms with E-state index in [-0.39, 0.29) is 12.3 Å². The van der Waals surface area contributed by atoms with Gasteiger partial charge in [-0.15, -0.1) is 0 Å². The number of aliphatic hydroxyl groups excluding tert-OH is 1. The molecule has 0 aliphatic carbocycles. The van der Waals surface area contributed by atoms with Crippen LogP contribution in [0.1, 0.15) is 49.3 Å². The molecular formula is C30H33ClN2O4. The van der Waals surface area contributed by atoms with Crippen LogP contribution in [0.25, 0.3) is 10.9 Å². The van der Waals surface area contributed by atoms with Gasteiger partial charge in [0, 0.05) is 35.1 Å². The number of hydrogen-bond donors (Lipinski definition) is 2. The topological polar surface area (TPSA) is 82.9 Å². The summed E-state index contributed by atoms with van der Waals surface area (Å²) in [4.78, 5) is 18.0. The molecule has 1 aromatic heterocycles. The third kappa shape index (κ3) is 7.45. The predicted molar refractivity (Wildman–Crippen MR) is 146 cm³/mol. The van der Waals surface area contributed by atoms with Crippen molar-refractivity contribution >= 4 is 28.5 Å². The van der Waals surface area contributed by atoms with E-state index in [0.29, 0.717) is 30.3 Å². The van der Waals surface area contributed by atoms with Crippen LogP contribution in [0.5, 0.6) is 5.75 Å². The lowest BCUT2D eigenvalue weighted by Gasteiger charge is -2.38. The third-order valence-electron chi connectivity index (χ3n) is 7.22. The van der Waals surface area contributed by atoms with E-state index in [1.807, 2.05) is 48.5 Å². The Kier molecular flexibility index (Phi) is 9.40. The summed E-state index contributed by atoms with van der Waals surface area (Å²) in [5.74, 6) is 6.98. The average Bonchev–Trinajstić information content (AvgIpc) is 2.90. The monoisotopic (exact) mass is 520 g/mol. The summed E-state index contributed by atoms with van der Waals surface area (Å²) < 4.78 is 5.36. The maximum Gasteiger partial charge on any atom is 0.303 e. The second kappa shape index (κ2) is 12.9. The predicted octanol–water partition coefficient (Wildman–Crippen LogP) is 5.57. The Labute approximate surface area is 223 Å². The molecule has 0 radical (unpaired) electrons. The van der Waals surface area contributed by atoms with E-state index in [0.717, 1.165) is 53.7 Å². The van der Waals surface area contributed by atoms with Crippen LogP contribution in [0, 0.1) is 23.7 Å². The number of aromatic nitrogens is 1. The van der Waals surface area contributed by atoms with Crippen LogP contribution in [-0.4, -0.2) is 52.8 Å². The van der Waals surface area contributed by atoms with Gasteiger partial charge in [0.25, 0.3) is 0 Å². The fourth-order valence-electron chi connectivity index (χ4n) is 5.23. The summed E-state index contributed by atoms with van der Waals surface area (Å²) in [6, 6.07) is 15.1. The van der Waals surface area contributed by atoms with Gasteiger partial charge >= 0.3 is 5.97 Å². The van der Waals surface area contributed by atoms with E-state index >= 15 is 0 Å². The SMILES string of the molecule is COc1ccc2nccc([C@H](O)CC[C@@H]3CCN(CC#Cc4cccc(Cl)c4)C[C@H]3CCC(=O)O)c2c1. The van der Waals surface area contributed by atoms with Gasteiger partial charge in [-0.3, -0.25) is 14.7 Å². The Balaban J connectivity index is 1.39. The number of hydrogen-bond acceptors (Lipinski definition) is 5. The summed E-state index contributed by atoms with van der Waals surface area (Å²) in [5.41, 5.74) is 2.56. The second-order valence-electron chi connectivity index (χ2n) is 9.66. The van der Waals surface area contributed by atoms with Gasteiger partial charge in [-0.2, -0.15) is 0 Å². The first-order chi connectivity index (χ1) is 17.9. The lowest BCUT2D eigenvalue weighted by Crippen LogP contribution is -2.41. The van der Waals surface area contributed by atoms with E-state index in [2.05, 4.69) is 21.7 Å². The average molecular weight is 521 g/mol. The van der Waals surface area contributed by atoms with Gasteiger partial charge in [-0.1, -0.05) is 29.5 Å². The molecule has 7 heteroatoms. The summed E-state index contributed by atoms with van der Waals surface area (Å²) in [6.45, 7) is 2.36. The first kappa shape index (κ1) is 26.9. The number of carbonyl (C=O) groups is 1. The number of nitrogens with zero attached hydrogens (tertiary/aromatic N) is 2. The lowest BCUT2D eigenvalue weighted by atomic mass is 9.79. The smallest absolute Gasteiger partial charge is 0.303 e. The van der Waals surface area contributed by atoms with Gasteiger partial charge in [0.1, 0.15) is 5.75 Å². The molecule has 4 rings (SSSR count). The lowest BCUT2D eigenvalue weighted by molar-refractivity contribution is -0.137. The Morgan fingerprint density at radius 2 is 2.08 bits per heavy atom. The molecular weight excluding hydrogens is 488 g/mol. The number of aliphatic hydroxyl groups is 1. The zero-order valence-electron chi connectivity index (χ0n) is 21.1. The highest BCUT2D eigenvalue weighted by molar-refractivity contribution is 6.30. The molecule has 3 aromatic rings. The molecule has 0 spiro atoms. The van der Waals surface area contributed by atoms with Crippen molar-refractivity contribution in [3.8, 4) is 17.6 Å². The molecule has 0 bridgehead atoms. The van der Waals surface area contributed by atoms with Crippen LogP contribution in [0.15, 0.2) is 54.7 Å². The first-order valence-electron chi connectivity index (χ1n) is 12.7. The van der Waals surface area contributed by atoms with Crippen molar-refractivity contribution in [1.82, 2.24) is 9.88 Å². The Morgan fingerprint density at radius 3 is 2.86 bits per heavy atom. The zero-order valence-corrected chi connectivity index (χ0v) is 21.8. The fraction of sp³-hybridized carbons (Fsp3) is 0.400. The first-order valence-corrected chi connectivity index (χ1v) is 13.1. The van der Waals surface area contributed by atoms with Crippen LogP contribution in [0.3, 0.4) is 0 Å². The Bertz CT molecular complexity index is 1290. The van der Waals surface area contributed by atoms with Crippen molar-refractivity contribution in [3.63, 3.8) is 0 Å². The van der Waals surface area contributed by atoms with Crippen molar-refractivity contribution < 1.29 is 19.7 Å². The number of aliphatic carboxylic acids is 1. The van der Waals surface area contributed by atoms with E-state index in [1.54, 1.807) is 13.3 Å². The minimum Gasteiger partial charge on any atom is -0.497 e. The number of fused-ring (bicyclic) bond motifs is 1. The molecule has 1 aliphatic rings. The zero-order chi connectivity index (χ0) is 26.2. The van der Waals surface area contributed by atoms with Crippen LogP contribution < -0.4 is 4.74 Å². The number of ether oxygens (including phenoxy) is 1. The largest absolute Gasteiger partial charge is 0.497 e. The molecule has 1 saturated heterocycles. The maximum absolute atomic E-state index is 11.3. The molecule has 1 aliphatic heterocycles. The van der Waals surface area contributed by atoms with Gasteiger partial charge in [0.15, 0.2) is 0 Å². The molecule has 0 saturated carbocycles. The number of benzene rings is 2. The van der Waals surface area contributed by atoms with Crippen molar-refractivity contribution in [2.24, 2.45) is 11.8 Å². The minimum absolute atomic E-state index is 0.153. The van der Waals surface area contributed by atoms with Gasteiger partial charge in [-0.25, -0.2) is 0 Å². The molecule has 6 nitrogen and oxygen atoms in total. The van der Waals surface area contributed by atoms with Crippen molar-refractivity contribution in [2.75, 3.05) is 26.7 Å². The molecule has 2 N–H and O–H groups in total. The van der Waals surface area contributed by atoms with Gasteiger partial charge in [0.05, 0.1) is 25.3 Å². The van der Waals surface area contributed by atoms with Crippen LogP contribution in [0.4, 0.5) is 0 Å². The minimum atomic E-state index is -0.770. The molecule has 2 aromatic carbocycles. The number of rotatable bonds is 9. The molecule has 0 amide bonds. The quantitative estimate of drug-likeness (QED) is 0.359. The van der Waals surface area contributed by atoms with Gasteiger partial charge in [-0.05, 0) is 92.1 Å². The van der Waals surface area contributed by atoms with E-state index < -0.39 is 12.1 Å². The third-order valence-corrected chi connectivity index (χ3v) is 7.45. The molecule has 37 heavy (non-hydrogen) atoms. The molecule has 3 atom stereocenters. The van der Waals surface area contributed by atoms with E-state index in [9.17, 15) is 15.0 Å². The van der Waals surface area contributed by atoms with Crippen LogP contribution in [-0.2, 0) is 4.79 Å². The Hall–Kier alpha value is -3.11. The molecule has 194 valence electrons. The maximum atomic E-state index is 11.3. The van der Waals surface area contributed by atoms with Crippen molar-refractivity contribution in [3.05, 3.63) is 70.9 Å². The number of piperidine rings is 1. The Morgan fingerprint density at radius 1 is 1.22 bits per heavy atom. The number of pyridine rings is 1. The highest BCUT2D eigenvalue weighted by Crippen LogP contribution is 2.35. The number of carboxylic acids is 1. The van der Waals surface area contributed by atoms with Crippen LogP contribution >= 0.6 is 11.6 Å². The molecule has 1 fully saturated rings. The highest BCUT2D eigenvalue weighted by Gasteiger charge is 2.30. The van der Waals surface area contributed by atoms with Crippen molar-refractivity contribution in [1.29, 1.82) is 0 Å². The number of carboxylic acid groups (broad SMARTS) is 1. The summed E-state index contributed by atoms with van der Waals surface area (Å²) in [6.07, 6.45) is 4.29. The normalized spacial score (nSPS) is 18.7. The fourth-order valence-corrected chi connectivity index (χ4v) is 5.42. The van der Waals surface area contributed by atoms with Gasteiger partial charge < -0.3 is 14.9 Å².